The van der Waals surface area contributed by atoms with Crippen molar-refractivity contribution in [1.82, 2.24) is 5.32 Å². The number of halogens is 1. The lowest BCUT2D eigenvalue weighted by Gasteiger charge is -2.14. The molecule has 96 valence electrons. The minimum atomic E-state index is 0.604. The van der Waals surface area contributed by atoms with Crippen molar-refractivity contribution in [3.8, 4) is 0 Å². The Balaban J connectivity index is 2.21. The van der Waals surface area contributed by atoms with E-state index in [1.165, 1.54) is 24.8 Å². The second-order valence-corrected chi connectivity index (χ2v) is 6.15. The van der Waals surface area contributed by atoms with E-state index in [9.17, 15) is 0 Å². The fourth-order valence-electron chi connectivity index (χ4n) is 1.87. The van der Waals surface area contributed by atoms with E-state index in [4.69, 9.17) is 0 Å². The quantitative estimate of drug-likeness (QED) is 0.765. The second kappa shape index (κ2) is 7.88. The molecule has 0 radical (unpaired) electrons. The third kappa shape index (κ3) is 6.85. The van der Waals surface area contributed by atoms with E-state index in [1.807, 2.05) is 0 Å². The molecule has 1 unspecified atom stereocenters. The molecule has 0 saturated carbocycles. The van der Waals surface area contributed by atoms with E-state index < -0.39 is 0 Å². The van der Waals surface area contributed by atoms with Gasteiger partial charge in [-0.1, -0.05) is 54.8 Å². The van der Waals surface area contributed by atoms with Crippen molar-refractivity contribution in [2.45, 2.75) is 52.6 Å². The highest BCUT2D eigenvalue weighted by Crippen LogP contribution is 2.12. The number of rotatable bonds is 7. The molecular formula is C15H24BrN. The zero-order chi connectivity index (χ0) is 12.7. The van der Waals surface area contributed by atoms with Crippen LogP contribution >= 0.6 is 15.9 Å². The minimum Gasteiger partial charge on any atom is -0.310 e. The molecule has 0 spiro atoms. The smallest absolute Gasteiger partial charge is 0.0208 e. The summed E-state index contributed by atoms with van der Waals surface area (Å²) in [5.74, 6) is 0.826. The maximum absolute atomic E-state index is 3.58. The molecule has 0 aromatic heterocycles. The average molecular weight is 298 g/mol. The van der Waals surface area contributed by atoms with Gasteiger partial charge < -0.3 is 5.32 Å². The molecule has 1 aromatic carbocycles. The number of hydrogen-bond acceptors (Lipinski definition) is 1. The molecule has 0 bridgehead atoms. The third-order valence-electron chi connectivity index (χ3n) is 2.96. The Labute approximate surface area is 114 Å². The molecule has 1 rings (SSSR count). The van der Waals surface area contributed by atoms with E-state index in [2.05, 4.69) is 66.3 Å². The molecule has 1 atom stereocenters. The fourth-order valence-corrected chi connectivity index (χ4v) is 2.32. The van der Waals surface area contributed by atoms with Crippen molar-refractivity contribution < 1.29 is 0 Å². The van der Waals surface area contributed by atoms with Crippen LogP contribution in [-0.2, 0) is 6.54 Å². The van der Waals surface area contributed by atoms with E-state index in [0.29, 0.717) is 6.04 Å². The van der Waals surface area contributed by atoms with E-state index in [-0.39, 0.29) is 0 Å². The molecule has 1 N–H and O–H groups in total. The molecule has 0 saturated heterocycles. The standard InChI is InChI=1S/C15H24BrN/c1-12(2)6-4-7-13(3)17-11-14-8-5-9-15(16)10-14/h5,8-10,12-13,17H,4,6-7,11H2,1-3H3. The van der Waals surface area contributed by atoms with Crippen LogP contribution in [0.5, 0.6) is 0 Å². The largest absolute Gasteiger partial charge is 0.310 e. The van der Waals surface area contributed by atoms with Crippen molar-refractivity contribution in [3.63, 3.8) is 0 Å². The van der Waals surface area contributed by atoms with E-state index in [1.54, 1.807) is 0 Å². The lowest BCUT2D eigenvalue weighted by Crippen LogP contribution is -2.25. The molecule has 0 aliphatic carbocycles. The Morgan fingerprint density at radius 2 is 1.94 bits per heavy atom. The Morgan fingerprint density at radius 3 is 2.59 bits per heavy atom. The lowest BCUT2D eigenvalue weighted by molar-refractivity contribution is 0.457. The van der Waals surface area contributed by atoms with Crippen molar-refractivity contribution >= 4 is 15.9 Å². The molecule has 1 nitrogen and oxygen atoms in total. The van der Waals surface area contributed by atoms with E-state index >= 15 is 0 Å². The van der Waals surface area contributed by atoms with Crippen LogP contribution in [-0.4, -0.2) is 6.04 Å². The van der Waals surface area contributed by atoms with Crippen LogP contribution in [0, 0.1) is 5.92 Å². The van der Waals surface area contributed by atoms with Crippen LogP contribution in [0.3, 0.4) is 0 Å². The van der Waals surface area contributed by atoms with Crippen LogP contribution in [0.15, 0.2) is 28.7 Å². The lowest BCUT2D eigenvalue weighted by atomic mass is 10.0. The highest BCUT2D eigenvalue weighted by Gasteiger charge is 2.02. The van der Waals surface area contributed by atoms with Crippen molar-refractivity contribution in [2.24, 2.45) is 5.92 Å². The zero-order valence-corrected chi connectivity index (χ0v) is 12.8. The fraction of sp³-hybridized carbons (Fsp3) is 0.600. The maximum atomic E-state index is 3.58. The van der Waals surface area contributed by atoms with Gasteiger partial charge >= 0.3 is 0 Å². The van der Waals surface area contributed by atoms with Gasteiger partial charge in [-0.05, 0) is 37.0 Å². The van der Waals surface area contributed by atoms with Gasteiger partial charge in [0.1, 0.15) is 0 Å². The summed E-state index contributed by atoms with van der Waals surface area (Å²) in [5.41, 5.74) is 1.34. The maximum Gasteiger partial charge on any atom is 0.0208 e. The summed E-state index contributed by atoms with van der Waals surface area (Å²) in [5, 5.41) is 3.58. The molecule has 0 amide bonds. The highest BCUT2D eigenvalue weighted by atomic mass is 79.9. The number of hydrogen-bond donors (Lipinski definition) is 1. The van der Waals surface area contributed by atoms with Crippen LogP contribution in [0.25, 0.3) is 0 Å². The van der Waals surface area contributed by atoms with Gasteiger partial charge in [-0.15, -0.1) is 0 Å². The monoisotopic (exact) mass is 297 g/mol. The SMILES string of the molecule is CC(C)CCCC(C)NCc1cccc(Br)c1. The number of benzene rings is 1. The number of nitrogens with one attached hydrogen (secondary N) is 1. The van der Waals surface area contributed by atoms with Gasteiger partial charge in [-0.3, -0.25) is 0 Å². The summed E-state index contributed by atoms with van der Waals surface area (Å²) in [6.45, 7) is 7.82. The third-order valence-corrected chi connectivity index (χ3v) is 3.46. The van der Waals surface area contributed by atoms with Crippen LogP contribution < -0.4 is 5.32 Å². The first-order chi connectivity index (χ1) is 8.08. The Morgan fingerprint density at radius 1 is 1.18 bits per heavy atom. The Bertz CT molecular complexity index is 322. The first-order valence-electron chi connectivity index (χ1n) is 6.55. The molecule has 1 aromatic rings. The van der Waals surface area contributed by atoms with Gasteiger partial charge in [0, 0.05) is 17.1 Å². The van der Waals surface area contributed by atoms with Crippen molar-refractivity contribution in [3.05, 3.63) is 34.3 Å². The van der Waals surface area contributed by atoms with Crippen LogP contribution in [0.4, 0.5) is 0 Å². The summed E-state index contributed by atoms with van der Waals surface area (Å²) in [4.78, 5) is 0. The molecule has 0 aliphatic rings. The van der Waals surface area contributed by atoms with Gasteiger partial charge in [0.15, 0.2) is 0 Å². The topological polar surface area (TPSA) is 12.0 Å². The summed E-state index contributed by atoms with van der Waals surface area (Å²) < 4.78 is 1.16. The average Bonchev–Trinajstić information content (AvgIpc) is 2.26. The Kier molecular flexibility index (Phi) is 6.83. The molecule has 2 heteroatoms. The van der Waals surface area contributed by atoms with Gasteiger partial charge in [-0.25, -0.2) is 0 Å². The normalized spacial score (nSPS) is 13.0. The molecular weight excluding hydrogens is 274 g/mol. The highest BCUT2D eigenvalue weighted by molar-refractivity contribution is 9.10. The first-order valence-corrected chi connectivity index (χ1v) is 7.35. The first kappa shape index (κ1) is 14.7. The van der Waals surface area contributed by atoms with Crippen molar-refractivity contribution in [1.29, 1.82) is 0 Å². The summed E-state index contributed by atoms with van der Waals surface area (Å²) in [6.07, 6.45) is 3.93. The molecule has 17 heavy (non-hydrogen) atoms. The second-order valence-electron chi connectivity index (χ2n) is 5.24. The summed E-state index contributed by atoms with van der Waals surface area (Å²) in [6, 6.07) is 9.10. The molecule has 0 fully saturated rings. The van der Waals surface area contributed by atoms with Gasteiger partial charge in [0.25, 0.3) is 0 Å². The summed E-state index contributed by atoms with van der Waals surface area (Å²) in [7, 11) is 0. The zero-order valence-electron chi connectivity index (χ0n) is 11.2. The van der Waals surface area contributed by atoms with E-state index in [0.717, 1.165) is 16.9 Å². The Hall–Kier alpha value is -0.340. The van der Waals surface area contributed by atoms with Crippen molar-refractivity contribution in [2.75, 3.05) is 0 Å². The molecule has 0 aliphatic heterocycles. The van der Waals surface area contributed by atoms with Crippen LogP contribution in [0.1, 0.15) is 45.6 Å². The minimum absolute atomic E-state index is 0.604. The van der Waals surface area contributed by atoms with Gasteiger partial charge in [0.2, 0.25) is 0 Å². The predicted molar refractivity (Wildman–Crippen MR) is 79.1 cm³/mol. The van der Waals surface area contributed by atoms with Gasteiger partial charge in [-0.2, -0.15) is 0 Å². The molecule has 0 heterocycles. The van der Waals surface area contributed by atoms with Crippen LogP contribution in [0.2, 0.25) is 0 Å². The summed E-state index contributed by atoms with van der Waals surface area (Å²) >= 11 is 3.50. The predicted octanol–water partition coefficient (Wildman–Crippen LogP) is 4.75. The van der Waals surface area contributed by atoms with Gasteiger partial charge in [0.05, 0.1) is 0 Å².